The van der Waals surface area contributed by atoms with E-state index in [4.69, 9.17) is 10.5 Å². The summed E-state index contributed by atoms with van der Waals surface area (Å²) in [5.74, 6) is 0.778. The Bertz CT molecular complexity index is 327. The number of rotatable bonds is 5. The smallest absolute Gasteiger partial charge is 0.0659 e. The van der Waals surface area contributed by atoms with E-state index in [1.54, 1.807) is 0 Å². The van der Waals surface area contributed by atoms with Gasteiger partial charge in [-0.05, 0) is 31.2 Å². The minimum Gasteiger partial charge on any atom is -0.379 e. The first-order chi connectivity index (χ1) is 8.25. The van der Waals surface area contributed by atoms with Gasteiger partial charge in [-0.15, -0.1) is 0 Å². The molecular weight excluding hydrogens is 210 g/mol. The predicted octanol–water partition coefficient (Wildman–Crippen LogP) is 3.20. The summed E-state index contributed by atoms with van der Waals surface area (Å²) in [6.07, 6.45) is 5.41. The maximum Gasteiger partial charge on any atom is 0.0659 e. The molecule has 0 bridgehead atoms. The standard InChI is InChI=1S/C15H23NO/c1-12-6-8-14(9-7-12)15(16)11-17-10-13-4-2-3-5-13/h6-9,13,15H,2-5,10-11,16H2,1H3. The van der Waals surface area contributed by atoms with Crippen molar-refractivity contribution in [2.75, 3.05) is 13.2 Å². The minimum absolute atomic E-state index is 0.0111. The zero-order chi connectivity index (χ0) is 12.1. The molecular formula is C15H23NO. The first-order valence-electron chi connectivity index (χ1n) is 6.65. The van der Waals surface area contributed by atoms with Crippen molar-refractivity contribution in [1.82, 2.24) is 0 Å². The number of nitrogens with two attached hydrogens (primary N) is 1. The van der Waals surface area contributed by atoms with Gasteiger partial charge >= 0.3 is 0 Å². The summed E-state index contributed by atoms with van der Waals surface area (Å²) in [5.41, 5.74) is 8.54. The number of ether oxygens (including phenoxy) is 1. The molecule has 0 aromatic heterocycles. The van der Waals surface area contributed by atoms with Gasteiger partial charge in [0.15, 0.2) is 0 Å². The van der Waals surface area contributed by atoms with Crippen LogP contribution in [0.25, 0.3) is 0 Å². The van der Waals surface area contributed by atoms with E-state index < -0.39 is 0 Å². The number of hydrogen-bond acceptors (Lipinski definition) is 2. The summed E-state index contributed by atoms with van der Waals surface area (Å²) in [5, 5.41) is 0. The molecule has 0 amide bonds. The molecule has 1 atom stereocenters. The van der Waals surface area contributed by atoms with Crippen LogP contribution in [0.15, 0.2) is 24.3 Å². The third kappa shape index (κ3) is 3.83. The van der Waals surface area contributed by atoms with E-state index in [0.717, 1.165) is 12.5 Å². The molecule has 1 saturated carbocycles. The molecule has 2 rings (SSSR count). The Kier molecular flexibility index (Phi) is 4.57. The Morgan fingerprint density at radius 2 is 1.88 bits per heavy atom. The Balaban J connectivity index is 1.72. The highest BCUT2D eigenvalue weighted by atomic mass is 16.5. The van der Waals surface area contributed by atoms with Crippen LogP contribution in [0.3, 0.4) is 0 Å². The lowest BCUT2D eigenvalue weighted by atomic mass is 10.1. The molecule has 0 radical (unpaired) electrons. The van der Waals surface area contributed by atoms with Crippen LogP contribution in [0.2, 0.25) is 0 Å². The van der Waals surface area contributed by atoms with Crippen molar-refractivity contribution in [2.45, 2.75) is 38.6 Å². The van der Waals surface area contributed by atoms with Crippen molar-refractivity contribution in [3.63, 3.8) is 0 Å². The normalized spacial score (nSPS) is 18.5. The molecule has 94 valence electrons. The van der Waals surface area contributed by atoms with Gasteiger partial charge in [-0.25, -0.2) is 0 Å². The molecule has 0 aliphatic heterocycles. The summed E-state index contributed by atoms with van der Waals surface area (Å²) in [6, 6.07) is 8.41. The van der Waals surface area contributed by atoms with Crippen molar-refractivity contribution < 1.29 is 4.74 Å². The topological polar surface area (TPSA) is 35.2 Å². The van der Waals surface area contributed by atoms with Crippen molar-refractivity contribution >= 4 is 0 Å². The van der Waals surface area contributed by atoms with Gasteiger partial charge < -0.3 is 10.5 Å². The molecule has 2 N–H and O–H groups in total. The lowest BCUT2D eigenvalue weighted by Crippen LogP contribution is -2.19. The van der Waals surface area contributed by atoms with Crippen molar-refractivity contribution in [3.05, 3.63) is 35.4 Å². The maximum absolute atomic E-state index is 6.10. The van der Waals surface area contributed by atoms with Gasteiger partial charge in [0.2, 0.25) is 0 Å². The third-order valence-electron chi connectivity index (χ3n) is 3.63. The molecule has 2 nitrogen and oxygen atoms in total. The van der Waals surface area contributed by atoms with Crippen LogP contribution in [0.1, 0.15) is 42.9 Å². The lowest BCUT2D eigenvalue weighted by Gasteiger charge is -2.15. The summed E-state index contributed by atoms with van der Waals surface area (Å²) in [4.78, 5) is 0. The van der Waals surface area contributed by atoms with Crippen LogP contribution in [0, 0.1) is 12.8 Å². The molecule has 1 fully saturated rings. The second-order valence-electron chi connectivity index (χ2n) is 5.21. The van der Waals surface area contributed by atoms with Crippen LogP contribution >= 0.6 is 0 Å². The van der Waals surface area contributed by atoms with E-state index in [1.807, 2.05) is 0 Å². The summed E-state index contributed by atoms with van der Waals surface area (Å²) < 4.78 is 5.74. The van der Waals surface area contributed by atoms with Crippen LogP contribution in [0.4, 0.5) is 0 Å². The summed E-state index contributed by atoms with van der Waals surface area (Å²) in [7, 11) is 0. The highest BCUT2D eigenvalue weighted by Crippen LogP contribution is 2.25. The highest BCUT2D eigenvalue weighted by molar-refractivity contribution is 5.23. The van der Waals surface area contributed by atoms with Gasteiger partial charge in [0, 0.05) is 6.61 Å². The Labute approximate surface area is 104 Å². The van der Waals surface area contributed by atoms with Gasteiger partial charge in [0.05, 0.1) is 12.6 Å². The van der Waals surface area contributed by atoms with Crippen molar-refractivity contribution in [1.29, 1.82) is 0 Å². The summed E-state index contributed by atoms with van der Waals surface area (Å²) in [6.45, 7) is 3.62. The monoisotopic (exact) mass is 233 g/mol. The molecule has 0 heterocycles. The van der Waals surface area contributed by atoms with Gasteiger partial charge in [-0.3, -0.25) is 0 Å². The first kappa shape index (κ1) is 12.6. The van der Waals surface area contributed by atoms with Crippen LogP contribution < -0.4 is 5.73 Å². The maximum atomic E-state index is 6.10. The average Bonchev–Trinajstić information content (AvgIpc) is 2.83. The Hall–Kier alpha value is -0.860. The largest absolute Gasteiger partial charge is 0.379 e. The zero-order valence-electron chi connectivity index (χ0n) is 10.7. The molecule has 1 aliphatic rings. The van der Waals surface area contributed by atoms with Crippen LogP contribution in [-0.4, -0.2) is 13.2 Å². The number of aryl methyl sites for hydroxylation is 1. The molecule has 1 unspecified atom stereocenters. The second-order valence-corrected chi connectivity index (χ2v) is 5.21. The molecule has 0 saturated heterocycles. The Morgan fingerprint density at radius 1 is 1.24 bits per heavy atom. The zero-order valence-corrected chi connectivity index (χ0v) is 10.7. The van der Waals surface area contributed by atoms with E-state index in [1.165, 1.54) is 36.8 Å². The van der Waals surface area contributed by atoms with E-state index >= 15 is 0 Å². The van der Waals surface area contributed by atoms with E-state index in [9.17, 15) is 0 Å². The summed E-state index contributed by atoms with van der Waals surface area (Å²) >= 11 is 0. The second kappa shape index (κ2) is 6.18. The van der Waals surface area contributed by atoms with Crippen molar-refractivity contribution in [2.24, 2.45) is 11.7 Å². The van der Waals surface area contributed by atoms with Crippen LogP contribution in [0.5, 0.6) is 0 Å². The molecule has 17 heavy (non-hydrogen) atoms. The Morgan fingerprint density at radius 3 is 2.53 bits per heavy atom. The molecule has 0 spiro atoms. The number of hydrogen-bond donors (Lipinski definition) is 1. The fourth-order valence-corrected chi connectivity index (χ4v) is 2.45. The lowest BCUT2D eigenvalue weighted by molar-refractivity contribution is 0.0904. The van der Waals surface area contributed by atoms with E-state index in [-0.39, 0.29) is 6.04 Å². The predicted molar refractivity (Wildman–Crippen MR) is 70.9 cm³/mol. The molecule has 1 aliphatic carbocycles. The van der Waals surface area contributed by atoms with Gasteiger partial charge in [0.25, 0.3) is 0 Å². The highest BCUT2D eigenvalue weighted by Gasteiger charge is 2.15. The van der Waals surface area contributed by atoms with Crippen LogP contribution in [-0.2, 0) is 4.74 Å². The number of benzene rings is 1. The van der Waals surface area contributed by atoms with Gasteiger partial charge in [0.1, 0.15) is 0 Å². The SMILES string of the molecule is Cc1ccc(C(N)COCC2CCCC2)cc1. The minimum atomic E-state index is 0.0111. The molecule has 1 aromatic rings. The molecule has 2 heteroatoms. The molecule has 1 aromatic carbocycles. The third-order valence-corrected chi connectivity index (χ3v) is 3.63. The fraction of sp³-hybridized carbons (Fsp3) is 0.600. The van der Waals surface area contributed by atoms with Gasteiger partial charge in [-0.1, -0.05) is 42.7 Å². The average molecular weight is 233 g/mol. The van der Waals surface area contributed by atoms with E-state index in [0.29, 0.717) is 6.61 Å². The first-order valence-corrected chi connectivity index (χ1v) is 6.65. The quantitative estimate of drug-likeness (QED) is 0.847. The fourth-order valence-electron chi connectivity index (χ4n) is 2.45. The van der Waals surface area contributed by atoms with E-state index in [2.05, 4.69) is 31.2 Å². The van der Waals surface area contributed by atoms with Gasteiger partial charge in [-0.2, -0.15) is 0 Å². The van der Waals surface area contributed by atoms with Crippen molar-refractivity contribution in [3.8, 4) is 0 Å².